The molecule has 2 rings (SSSR count). The number of carbonyl (C=O) groups is 1. The maximum Gasteiger partial charge on any atom is 0.207 e. The third-order valence-electron chi connectivity index (χ3n) is 2.71. The standard InChI is InChI=1S/C11H13NO/c13-8-12-11-6-10(7-11)9-4-2-1-3-5-9/h1-5,8,10-11H,6-7H2,(H,12,13). The third-order valence-corrected chi connectivity index (χ3v) is 2.71. The summed E-state index contributed by atoms with van der Waals surface area (Å²) in [6.07, 6.45) is 2.97. The molecule has 0 radical (unpaired) electrons. The highest BCUT2D eigenvalue weighted by Crippen LogP contribution is 2.36. The van der Waals surface area contributed by atoms with Gasteiger partial charge in [-0.05, 0) is 24.3 Å². The summed E-state index contributed by atoms with van der Waals surface area (Å²) >= 11 is 0. The summed E-state index contributed by atoms with van der Waals surface area (Å²) in [6.45, 7) is 0. The van der Waals surface area contributed by atoms with Crippen LogP contribution in [0.1, 0.15) is 24.3 Å². The SMILES string of the molecule is O=CNC1CC(c2ccccc2)C1. The van der Waals surface area contributed by atoms with Gasteiger partial charge in [-0.25, -0.2) is 0 Å². The summed E-state index contributed by atoms with van der Waals surface area (Å²) in [5, 5.41) is 2.80. The van der Waals surface area contributed by atoms with Crippen molar-refractivity contribution in [2.45, 2.75) is 24.8 Å². The first-order valence-electron chi connectivity index (χ1n) is 4.65. The maximum atomic E-state index is 10.1. The van der Waals surface area contributed by atoms with E-state index in [0.29, 0.717) is 12.0 Å². The molecule has 1 saturated carbocycles. The van der Waals surface area contributed by atoms with Gasteiger partial charge in [0.05, 0.1) is 0 Å². The minimum Gasteiger partial charge on any atom is -0.356 e. The lowest BCUT2D eigenvalue weighted by molar-refractivity contribution is -0.110. The molecule has 1 aromatic rings. The van der Waals surface area contributed by atoms with Crippen LogP contribution in [-0.4, -0.2) is 12.5 Å². The van der Waals surface area contributed by atoms with Gasteiger partial charge in [-0.2, -0.15) is 0 Å². The molecule has 0 heterocycles. The molecule has 2 nitrogen and oxygen atoms in total. The highest BCUT2D eigenvalue weighted by Gasteiger charge is 2.29. The summed E-state index contributed by atoms with van der Waals surface area (Å²) in [5.74, 6) is 0.652. The number of amides is 1. The molecule has 0 bridgehead atoms. The van der Waals surface area contributed by atoms with E-state index in [9.17, 15) is 4.79 Å². The van der Waals surface area contributed by atoms with Crippen LogP contribution in [0.5, 0.6) is 0 Å². The van der Waals surface area contributed by atoms with Crippen LogP contribution >= 0.6 is 0 Å². The van der Waals surface area contributed by atoms with Crippen molar-refractivity contribution >= 4 is 6.41 Å². The topological polar surface area (TPSA) is 29.1 Å². The molecule has 13 heavy (non-hydrogen) atoms. The van der Waals surface area contributed by atoms with Crippen LogP contribution in [0.3, 0.4) is 0 Å². The second-order valence-corrected chi connectivity index (χ2v) is 3.56. The van der Waals surface area contributed by atoms with Gasteiger partial charge in [0.2, 0.25) is 6.41 Å². The van der Waals surface area contributed by atoms with Crippen LogP contribution in [0.2, 0.25) is 0 Å². The van der Waals surface area contributed by atoms with Crippen LogP contribution in [0.4, 0.5) is 0 Å². The number of hydrogen-bond donors (Lipinski definition) is 1. The average Bonchev–Trinajstić information content (AvgIpc) is 2.12. The maximum absolute atomic E-state index is 10.1. The number of nitrogens with one attached hydrogen (secondary N) is 1. The zero-order chi connectivity index (χ0) is 9.10. The Labute approximate surface area is 78.0 Å². The molecule has 0 spiro atoms. The molecule has 1 aliphatic carbocycles. The lowest BCUT2D eigenvalue weighted by Gasteiger charge is -2.35. The smallest absolute Gasteiger partial charge is 0.207 e. The Bertz CT molecular complexity index is 277. The zero-order valence-electron chi connectivity index (χ0n) is 7.44. The van der Waals surface area contributed by atoms with Gasteiger partial charge < -0.3 is 5.32 Å². The van der Waals surface area contributed by atoms with E-state index in [1.165, 1.54) is 5.56 Å². The van der Waals surface area contributed by atoms with E-state index in [-0.39, 0.29) is 0 Å². The Hall–Kier alpha value is -1.31. The Morgan fingerprint density at radius 1 is 1.23 bits per heavy atom. The van der Waals surface area contributed by atoms with Crippen molar-refractivity contribution in [1.82, 2.24) is 5.32 Å². The van der Waals surface area contributed by atoms with Gasteiger partial charge >= 0.3 is 0 Å². The van der Waals surface area contributed by atoms with Crippen molar-refractivity contribution < 1.29 is 4.79 Å². The minimum atomic E-state index is 0.405. The first-order valence-corrected chi connectivity index (χ1v) is 4.65. The fourth-order valence-corrected chi connectivity index (χ4v) is 1.85. The minimum absolute atomic E-state index is 0.405. The molecule has 0 atom stereocenters. The average molecular weight is 175 g/mol. The van der Waals surface area contributed by atoms with Gasteiger partial charge in [-0.3, -0.25) is 4.79 Å². The van der Waals surface area contributed by atoms with Crippen molar-refractivity contribution in [3.63, 3.8) is 0 Å². The van der Waals surface area contributed by atoms with Crippen LogP contribution in [0, 0.1) is 0 Å². The highest BCUT2D eigenvalue weighted by atomic mass is 16.1. The molecule has 0 aliphatic heterocycles. The predicted molar refractivity (Wildman–Crippen MR) is 51.4 cm³/mol. The van der Waals surface area contributed by atoms with Crippen LogP contribution in [0.15, 0.2) is 30.3 Å². The first kappa shape index (κ1) is 8.30. The number of hydrogen-bond acceptors (Lipinski definition) is 1. The molecule has 2 heteroatoms. The number of rotatable bonds is 3. The Morgan fingerprint density at radius 2 is 1.92 bits per heavy atom. The fraction of sp³-hybridized carbons (Fsp3) is 0.364. The summed E-state index contributed by atoms with van der Waals surface area (Å²) < 4.78 is 0. The van der Waals surface area contributed by atoms with Crippen molar-refractivity contribution in [3.05, 3.63) is 35.9 Å². The first-order chi connectivity index (χ1) is 6.40. The normalized spacial score (nSPS) is 26.2. The largest absolute Gasteiger partial charge is 0.356 e. The lowest BCUT2D eigenvalue weighted by atomic mass is 9.76. The van der Waals surface area contributed by atoms with Gasteiger partial charge in [-0.1, -0.05) is 30.3 Å². The molecule has 68 valence electrons. The fourth-order valence-electron chi connectivity index (χ4n) is 1.85. The quantitative estimate of drug-likeness (QED) is 0.696. The van der Waals surface area contributed by atoms with Crippen LogP contribution in [-0.2, 0) is 4.79 Å². The summed E-state index contributed by atoms with van der Waals surface area (Å²) in [6, 6.07) is 10.9. The lowest BCUT2D eigenvalue weighted by Crippen LogP contribution is -2.39. The summed E-state index contributed by atoms with van der Waals surface area (Å²) in [4.78, 5) is 10.1. The second kappa shape index (κ2) is 3.60. The molecular formula is C11H13NO. The van der Waals surface area contributed by atoms with E-state index >= 15 is 0 Å². The number of benzene rings is 1. The highest BCUT2D eigenvalue weighted by molar-refractivity contribution is 5.47. The van der Waals surface area contributed by atoms with Gasteiger partial charge in [0, 0.05) is 6.04 Å². The van der Waals surface area contributed by atoms with E-state index in [1.807, 2.05) is 6.07 Å². The van der Waals surface area contributed by atoms with Crippen LogP contribution in [0.25, 0.3) is 0 Å². The Balaban J connectivity index is 1.90. The predicted octanol–water partition coefficient (Wildman–Crippen LogP) is 1.68. The van der Waals surface area contributed by atoms with E-state index in [0.717, 1.165) is 19.3 Å². The van der Waals surface area contributed by atoms with Gasteiger partial charge in [0.1, 0.15) is 0 Å². The second-order valence-electron chi connectivity index (χ2n) is 3.56. The van der Waals surface area contributed by atoms with E-state index in [2.05, 4.69) is 29.6 Å². The molecule has 1 fully saturated rings. The molecule has 0 unspecified atom stereocenters. The molecule has 0 saturated heterocycles. The number of carbonyl (C=O) groups excluding carboxylic acids is 1. The molecule has 1 aliphatic rings. The van der Waals surface area contributed by atoms with Crippen molar-refractivity contribution in [2.75, 3.05) is 0 Å². The van der Waals surface area contributed by atoms with E-state index < -0.39 is 0 Å². The van der Waals surface area contributed by atoms with Crippen molar-refractivity contribution in [3.8, 4) is 0 Å². The zero-order valence-corrected chi connectivity index (χ0v) is 7.44. The molecular weight excluding hydrogens is 162 g/mol. The molecule has 1 amide bonds. The summed E-state index contributed by atoms with van der Waals surface area (Å²) in [7, 11) is 0. The van der Waals surface area contributed by atoms with E-state index in [1.54, 1.807) is 0 Å². The Kier molecular flexibility index (Phi) is 2.30. The van der Waals surface area contributed by atoms with Crippen molar-refractivity contribution in [2.24, 2.45) is 0 Å². The summed E-state index contributed by atoms with van der Waals surface area (Å²) in [5.41, 5.74) is 1.39. The van der Waals surface area contributed by atoms with Gasteiger partial charge in [-0.15, -0.1) is 0 Å². The van der Waals surface area contributed by atoms with Gasteiger partial charge in [0.25, 0.3) is 0 Å². The molecule has 0 aromatic heterocycles. The van der Waals surface area contributed by atoms with Crippen molar-refractivity contribution in [1.29, 1.82) is 0 Å². The third kappa shape index (κ3) is 1.72. The monoisotopic (exact) mass is 175 g/mol. The molecule has 1 N–H and O–H groups in total. The van der Waals surface area contributed by atoms with E-state index in [4.69, 9.17) is 0 Å². The van der Waals surface area contributed by atoms with Gasteiger partial charge in [0.15, 0.2) is 0 Å². The van der Waals surface area contributed by atoms with Crippen LogP contribution < -0.4 is 5.32 Å². The molecule has 1 aromatic carbocycles. The Morgan fingerprint density at radius 3 is 2.54 bits per heavy atom.